The van der Waals surface area contributed by atoms with Gasteiger partial charge in [-0.3, -0.25) is 0 Å². The van der Waals surface area contributed by atoms with Crippen LogP contribution in [0, 0.1) is 0 Å². The molecule has 0 aliphatic carbocycles. The minimum Gasteiger partial charge on any atom is -0.441 e. The van der Waals surface area contributed by atoms with E-state index in [1.165, 1.54) is 0 Å². The molecule has 4 heteroatoms. The van der Waals surface area contributed by atoms with E-state index < -0.39 is 11.5 Å². The molecule has 0 heterocycles. The zero-order chi connectivity index (χ0) is 13.7. The van der Waals surface area contributed by atoms with E-state index in [1.54, 1.807) is 12.1 Å². The molecule has 0 aliphatic heterocycles. The molecule has 0 bridgehead atoms. The van der Waals surface area contributed by atoms with Crippen LogP contribution in [-0.4, -0.2) is 17.4 Å². The van der Waals surface area contributed by atoms with Crippen LogP contribution < -0.4 is 0 Å². The second-order valence-electron chi connectivity index (χ2n) is 3.91. The van der Waals surface area contributed by atoms with Crippen LogP contribution >= 0.6 is 23.2 Å². The molecule has 98 valence electrons. The van der Waals surface area contributed by atoms with Crippen molar-refractivity contribution in [2.75, 3.05) is 5.88 Å². The Morgan fingerprint density at radius 1 is 1.00 bits per heavy atom. The molecule has 0 fully saturated rings. The number of hydrogen-bond donors (Lipinski definition) is 0. The van der Waals surface area contributed by atoms with Gasteiger partial charge in [0.1, 0.15) is 0 Å². The van der Waals surface area contributed by atoms with Crippen LogP contribution in [0.4, 0.5) is 0 Å². The van der Waals surface area contributed by atoms with Crippen LogP contribution in [0.15, 0.2) is 54.6 Å². The Bertz CT molecular complexity index is 538. The van der Waals surface area contributed by atoms with E-state index in [-0.39, 0.29) is 5.88 Å². The monoisotopic (exact) mass is 294 g/mol. The molecule has 19 heavy (non-hydrogen) atoms. The molecular formula is C15H12Cl2O2. The number of ether oxygens (including phenoxy) is 1. The standard InChI is InChI=1S/C15H12Cl2O2/c16-10-14(17)19-15(18)13-8-6-12(7-9-13)11-4-2-1-3-5-11/h1-9,14H,10H2. The first kappa shape index (κ1) is 13.9. The predicted octanol–water partition coefficient (Wildman–Crippen LogP) is 4.31. The molecule has 0 spiro atoms. The molecule has 0 amide bonds. The minimum atomic E-state index is -0.803. The van der Waals surface area contributed by atoms with Crippen LogP contribution in [0.2, 0.25) is 0 Å². The predicted molar refractivity (Wildman–Crippen MR) is 77.7 cm³/mol. The fraction of sp³-hybridized carbons (Fsp3) is 0.133. The van der Waals surface area contributed by atoms with E-state index in [2.05, 4.69) is 0 Å². The molecule has 2 aromatic rings. The summed E-state index contributed by atoms with van der Waals surface area (Å²) in [4.78, 5) is 11.7. The summed E-state index contributed by atoms with van der Waals surface area (Å²) in [6.45, 7) is 0. The van der Waals surface area contributed by atoms with Crippen LogP contribution in [0.5, 0.6) is 0 Å². The molecule has 1 unspecified atom stereocenters. The molecule has 0 radical (unpaired) electrons. The Morgan fingerprint density at radius 3 is 2.16 bits per heavy atom. The quantitative estimate of drug-likeness (QED) is 0.620. The number of hydrogen-bond acceptors (Lipinski definition) is 2. The molecule has 1 atom stereocenters. The highest BCUT2D eigenvalue weighted by molar-refractivity contribution is 6.27. The number of carbonyl (C=O) groups excluding carboxylic acids is 1. The lowest BCUT2D eigenvalue weighted by atomic mass is 10.0. The van der Waals surface area contributed by atoms with Gasteiger partial charge in [-0.2, -0.15) is 0 Å². The largest absolute Gasteiger partial charge is 0.441 e. The summed E-state index contributed by atoms with van der Waals surface area (Å²) in [6, 6.07) is 17.1. The number of carbonyl (C=O) groups is 1. The Kier molecular flexibility index (Phi) is 4.83. The lowest BCUT2D eigenvalue weighted by Crippen LogP contribution is -2.13. The molecular weight excluding hydrogens is 283 g/mol. The van der Waals surface area contributed by atoms with Gasteiger partial charge in [0.25, 0.3) is 0 Å². The van der Waals surface area contributed by atoms with Gasteiger partial charge in [0.05, 0.1) is 11.4 Å². The Balaban J connectivity index is 2.13. The normalized spacial score (nSPS) is 11.9. The lowest BCUT2D eigenvalue weighted by molar-refractivity contribution is 0.0476. The summed E-state index contributed by atoms with van der Waals surface area (Å²) in [5.74, 6) is -0.407. The highest BCUT2D eigenvalue weighted by Crippen LogP contribution is 2.19. The van der Waals surface area contributed by atoms with E-state index in [0.717, 1.165) is 11.1 Å². The van der Waals surface area contributed by atoms with Gasteiger partial charge in [-0.15, -0.1) is 11.6 Å². The van der Waals surface area contributed by atoms with E-state index in [4.69, 9.17) is 27.9 Å². The molecule has 2 nitrogen and oxygen atoms in total. The first-order valence-corrected chi connectivity index (χ1v) is 6.74. The third kappa shape index (κ3) is 3.72. The average molecular weight is 295 g/mol. The fourth-order valence-corrected chi connectivity index (χ4v) is 1.79. The van der Waals surface area contributed by atoms with E-state index in [1.807, 2.05) is 42.5 Å². The van der Waals surface area contributed by atoms with Gasteiger partial charge in [0.2, 0.25) is 0 Å². The number of esters is 1. The summed E-state index contributed by atoms with van der Waals surface area (Å²) in [6.07, 6.45) is 0. The number of halogens is 2. The van der Waals surface area contributed by atoms with Crippen molar-refractivity contribution >= 4 is 29.2 Å². The summed E-state index contributed by atoms with van der Waals surface area (Å²) >= 11 is 11.1. The van der Waals surface area contributed by atoms with Gasteiger partial charge >= 0.3 is 5.97 Å². The minimum absolute atomic E-state index is 0.0649. The van der Waals surface area contributed by atoms with Gasteiger partial charge in [-0.25, -0.2) is 4.79 Å². The Labute approximate surface area is 121 Å². The first-order chi connectivity index (χ1) is 9.20. The summed E-state index contributed by atoms with van der Waals surface area (Å²) in [5, 5.41) is 0. The summed E-state index contributed by atoms with van der Waals surface area (Å²) in [5.41, 5.74) is 1.79. The summed E-state index contributed by atoms with van der Waals surface area (Å²) < 4.78 is 4.93. The van der Waals surface area contributed by atoms with Crippen LogP contribution in [-0.2, 0) is 4.74 Å². The third-order valence-electron chi connectivity index (χ3n) is 2.58. The molecule has 0 aromatic heterocycles. The topological polar surface area (TPSA) is 26.3 Å². The molecule has 2 rings (SSSR count). The van der Waals surface area contributed by atoms with Crippen molar-refractivity contribution in [3.05, 3.63) is 60.2 Å². The van der Waals surface area contributed by atoms with Crippen LogP contribution in [0.25, 0.3) is 11.1 Å². The Hall–Kier alpha value is -1.51. The molecule has 0 N–H and O–H groups in total. The van der Waals surface area contributed by atoms with Gasteiger partial charge in [0, 0.05) is 0 Å². The van der Waals surface area contributed by atoms with Crippen molar-refractivity contribution in [3.63, 3.8) is 0 Å². The van der Waals surface area contributed by atoms with Gasteiger partial charge in [-0.1, -0.05) is 54.1 Å². The Morgan fingerprint density at radius 2 is 1.58 bits per heavy atom. The highest BCUT2D eigenvalue weighted by atomic mass is 35.5. The van der Waals surface area contributed by atoms with Crippen molar-refractivity contribution in [3.8, 4) is 11.1 Å². The van der Waals surface area contributed by atoms with E-state index >= 15 is 0 Å². The third-order valence-corrected chi connectivity index (χ3v) is 3.27. The van der Waals surface area contributed by atoms with Crippen molar-refractivity contribution in [2.45, 2.75) is 5.56 Å². The van der Waals surface area contributed by atoms with Crippen molar-refractivity contribution in [2.24, 2.45) is 0 Å². The smallest absolute Gasteiger partial charge is 0.339 e. The van der Waals surface area contributed by atoms with Crippen molar-refractivity contribution < 1.29 is 9.53 Å². The maximum absolute atomic E-state index is 11.7. The highest BCUT2D eigenvalue weighted by Gasteiger charge is 2.12. The molecule has 0 saturated heterocycles. The molecule has 2 aromatic carbocycles. The number of rotatable bonds is 4. The maximum atomic E-state index is 11.7. The van der Waals surface area contributed by atoms with E-state index in [9.17, 15) is 4.79 Å². The SMILES string of the molecule is O=C(OC(Cl)CCl)c1ccc(-c2ccccc2)cc1. The second-order valence-corrected chi connectivity index (χ2v) is 4.71. The fourth-order valence-electron chi connectivity index (χ4n) is 1.65. The zero-order valence-corrected chi connectivity index (χ0v) is 11.6. The number of benzene rings is 2. The van der Waals surface area contributed by atoms with E-state index in [0.29, 0.717) is 5.56 Å². The van der Waals surface area contributed by atoms with Gasteiger partial charge in [0.15, 0.2) is 5.56 Å². The maximum Gasteiger partial charge on any atom is 0.339 e. The average Bonchev–Trinajstić information content (AvgIpc) is 2.48. The zero-order valence-electron chi connectivity index (χ0n) is 10.1. The van der Waals surface area contributed by atoms with Gasteiger partial charge in [-0.05, 0) is 23.3 Å². The summed E-state index contributed by atoms with van der Waals surface area (Å²) in [7, 11) is 0. The molecule has 0 aliphatic rings. The van der Waals surface area contributed by atoms with Crippen LogP contribution in [0.3, 0.4) is 0 Å². The number of alkyl halides is 2. The van der Waals surface area contributed by atoms with Crippen molar-refractivity contribution in [1.29, 1.82) is 0 Å². The molecule has 0 saturated carbocycles. The first-order valence-electron chi connectivity index (χ1n) is 5.77. The van der Waals surface area contributed by atoms with Crippen molar-refractivity contribution in [1.82, 2.24) is 0 Å². The second kappa shape index (κ2) is 6.60. The lowest BCUT2D eigenvalue weighted by Gasteiger charge is -2.08. The van der Waals surface area contributed by atoms with Gasteiger partial charge < -0.3 is 4.74 Å². The van der Waals surface area contributed by atoms with Crippen LogP contribution in [0.1, 0.15) is 10.4 Å².